The van der Waals surface area contributed by atoms with E-state index in [2.05, 4.69) is 10.6 Å². The summed E-state index contributed by atoms with van der Waals surface area (Å²) in [5.74, 6) is -2.57. The predicted octanol–water partition coefficient (Wildman–Crippen LogP) is 2.39. The van der Waals surface area contributed by atoms with Gasteiger partial charge in [-0.1, -0.05) is 29.8 Å². The maximum Gasteiger partial charge on any atom is 0.325 e. The van der Waals surface area contributed by atoms with Crippen LogP contribution < -0.4 is 10.6 Å². The van der Waals surface area contributed by atoms with Crippen LogP contribution in [0.15, 0.2) is 48.5 Å². The number of hydrogen-bond acceptors (Lipinski definition) is 4. The lowest BCUT2D eigenvalue weighted by molar-refractivity contribution is -0.146. The zero-order valence-corrected chi connectivity index (χ0v) is 13.7. The van der Waals surface area contributed by atoms with E-state index in [4.69, 9.17) is 16.3 Å². The summed E-state index contributed by atoms with van der Waals surface area (Å²) in [5, 5.41) is 5.11. The summed E-state index contributed by atoms with van der Waals surface area (Å²) in [6.45, 7) is -0.978. The normalized spacial score (nSPS) is 10.0. The number of benzene rings is 2. The van der Waals surface area contributed by atoms with E-state index in [1.807, 2.05) is 0 Å². The molecule has 2 N–H and O–H groups in total. The molecule has 0 aliphatic rings. The largest absolute Gasteiger partial charge is 0.454 e. The van der Waals surface area contributed by atoms with Gasteiger partial charge in [-0.25, -0.2) is 4.39 Å². The van der Waals surface area contributed by atoms with Gasteiger partial charge in [0.25, 0.3) is 11.8 Å². The number of amides is 2. The molecule has 130 valence electrons. The fraction of sp³-hybridized carbons (Fsp3) is 0.118. The minimum Gasteiger partial charge on any atom is -0.454 e. The number of carbonyl (C=O) groups is 3. The number of anilines is 1. The van der Waals surface area contributed by atoms with Crippen molar-refractivity contribution in [3.63, 3.8) is 0 Å². The van der Waals surface area contributed by atoms with Gasteiger partial charge in [0.1, 0.15) is 12.4 Å². The van der Waals surface area contributed by atoms with Crippen LogP contribution in [0.25, 0.3) is 0 Å². The number of halogens is 2. The van der Waals surface area contributed by atoms with Gasteiger partial charge in [-0.2, -0.15) is 0 Å². The minimum absolute atomic E-state index is 0.0734. The topological polar surface area (TPSA) is 84.5 Å². The number of rotatable bonds is 6. The summed E-state index contributed by atoms with van der Waals surface area (Å²) in [5.41, 5.74) is 0.467. The number of ether oxygens (including phenoxy) is 1. The summed E-state index contributed by atoms with van der Waals surface area (Å²) in [4.78, 5) is 35.0. The van der Waals surface area contributed by atoms with Crippen molar-refractivity contribution in [2.45, 2.75) is 0 Å². The SMILES string of the molecule is O=C(COC(=O)CNC(=O)c1cccc(F)c1)Nc1ccccc1Cl. The standard InChI is InChI=1S/C17H14ClFN2O4/c18-13-6-1-2-7-14(13)21-15(22)10-25-16(23)9-20-17(24)11-4-3-5-12(19)8-11/h1-8H,9-10H2,(H,20,24)(H,21,22). The van der Waals surface area contributed by atoms with Gasteiger partial charge in [0, 0.05) is 5.56 Å². The van der Waals surface area contributed by atoms with Gasteiger partial charge in [-0.05, 0) is 30.3 Å². The smallest absolute Gasteiger partial charge is 0.325 e. The Bertz CT molecular complexity index is 798. The molecule has 0 unspecified atom stereocenters. The lowest BCUT2D eigenvalue weighted by Crippen LogP contribution is -2.32. The van der Waals surface area contributed by atoms with E-state index >= 15 is 0 Å². The second kappa shape index (κ2) is 8.79. The van der Waals surface area contributed by atoms with E-state index in [9.17, 15) is 18.8 Å². The molecule has 2 aromatic carbocycles. The fourth-order valence-electron chi connectivity index (χ4n) is 1.83. The molecule has 0 heterocycles. The minimum atomic E-state index is -0.806. The highest BCUT2D eigenvalue weighted by Crippen LogP contribution is 2.20. The number of nitrogens with one attached hydrogen (secondary N) is 2. The van der Waals surface area contributed by atoms with E-state index in [1.165, 1.54) is 18.2 Å². The van der Waals surface area contributed by atoms with Gasteiger partial charge in [0.15, 0.2) is 6.61 Å². The van der Waals surface area contributed by atoms with Crippen molar-refractivity contribution in [2.24, 2.45) is 0 Å². The highest BCUT2D eigenvalue weighted by molar-refractivity contribution is 6.33. The van der Waals surface area contributed by atoms with Gasteiger partial charge in [-0.15, -0.1) is 0 Å². The van der Waals surface area contributed by atoms with Gasteiger partial charge in [0.05, 0.1) is 10.7 Å². The van der Waals surface area contributed by atoms with Gasteiger partial charge >= 0.3 is 5.97 Å². The van der Waals surface area contributed by atoms with Crippen LogP contribution in [0.4, 0.5) is 10.1 Å². The summed E-state index contributed by atoms with van der Waals surface area (Å²) in [6, 6.07) is 11.6. The number of esters is 1. The first-order valence-electron chi connectivity index (χ1n) is 7.19. The number of para-hydroxylation sites is 1. The Morgan fingerprint density at radius 3 is 2.56 bits per heavy atom. The molecule has 0 aliphatic carbocycles. The first kappa shape index (κ1) is 18.4. The van der Waals surface area contributed by atoms with Gasteiger partial charge in [0.2, 0.25) is 0 Å². The van der Waals surface area contributed by atoms with Crippen molar-refractivity contribution >= 4 is 35.1 Å². The molecule has 0 aromatic heterocycles. The summed E-state index contributed by atoms with van der Waals surface area (Å²) >= 11 is 5.89. The molecule has 2 aromatic rings. The average molecular weight is 365 g/mol. The lowest BCUT2D eigenvalue weighted by Gasteiger charge is -2.08. The second-order valence-electron chi connectivity index (χ2n) is 4.88. The Balaban J connectivity index is 1.74. The third-order valence-electron chi connectivity index (χ3n) is 2.99. The molecule has 25 heavy (non-hydrogen) atoms. The second-order valence-corrected chi connectivity index (χ2v) is 5.29. The average Bonchev–Trinajstić information content (AvgIpc) is 2.60. The van der Waals surface area contributed by atoms with E-state index in [-0.39, 0.29) is 5.56 Å². The lowest BCUT2D eigenvalue weighted by atomic mass is 10.2. The molecule has 6 nitrogen and oxygen atoms in total. The summed E-state index contributed by atoms with van der Waals surface area (Å²) in [6.07, 6.45) is 0. The zero-order chi connectivity index (χ0) is 18.2. The molecule has 8 heteroatoms. The van der Waals surface area contributed by atoms with Crippen LogP contribution in [0.1, 0.15) is 10.4 Å². The number of hydrogen-bond donors (Lipinski definition) is 2. The third kappa shape index (κ3) is 5.89. The molecule has 0 radical (unpaired) electrons. The van der Waals surface area contributed by atoms with E-state index in [0.29, 0.717) is 10.7 Å². The molecule has 0 saturated heterocycles. The highest BCUT2D eigenvalue weighted by Gasteiger charge is 2.12. The monoisotopic (exact) mass is 364 g/mol. The zero-order valence-electron chi connectivity index (χ0n) is 12.9. The maximum atomic E-state index is 13.0. The fourth-order valence-corrected chi connectivity index (χ4v) is 2.01. The molecule has 0 aliphatic heterocycles. The van der Waals surface area contributed by atoms with Crippen LogP contribution in [0.3, 0.4) is 0 Å². The van der Waals surface area contributed by atoms with Crippen molar-refractivity contribution < 1.29 is 23.5 Å². The van der Waals surface area contributed by atoms with Gasteiger partial charge in [-0.3, -0.25) is 14.4 Å². The molecular formula is C17H14ClFN2O4. The third-order valence-corrected chi connectivity index (χ3v) is 3.32. The van der Waals surface area contributed by atoms with E-state index < -0.39 is 36.8 Å². The van der Waals surface area contributed by atoms with E-state index in [0.717, 1.165) is 6.07 Å². The predicted molar refractivity (Wildman–Crippen MR) is 89.8 cm³/mol. The molecule has 2 rings (SSSR count). The molecule has 0 saturated carbocycles. The quantitative estimate of drug-likeness (QED) is 0.771. The molecule has 0 bridgehead atoms. The summed E-state index contributed by atoms with van der Waals surface area (Å²) < 4.78 is 17.8. The Kier molecular flexibility index (Phi) is 6.47. The molecule has 0 atom stereocenters. The van der Waals surface area contributed by atoms with Crippen molar-refractivity contribution in [3.8, 4) is 0 Å². The van der Waals surface area contributed by atoms with Crippen molar-refractivity contribution in [1.29, 1.82) is 0 Å². The molecule has 0 spiro atoms. The van der Waals surface area contributed by atoms with Crippen LogP contribution in [-0.4, -0.2) is 30.9 Å². The van der Waals surface area contributed by atoms with Gasteiger partial charge < -0.3 is 15.4 Å². The molecular weight excluding hydrogens is 351 g/mol. The first-order valence-corrected chi connectivity index (χ1v) is 7.57. The van der Waals surface area contributed by atoms with Crippen LogP contribution in [0, 0.1) is 5.82 Å². The number of carbonyl (C=O) groups excluding carboxylic acids is 3. The molecule has 2 amide bonds. The maximum absolute atomic E-state index is 13.0. The van der Waals surface area contributed by atoms with Crippen molar-refractivity contribution in [3.05, 3.63) is 64.9 Å². The summed E-state index contributed by atoms with van der Waals surface area (Å²) in [7, 11) is 0. The van der Waals surface area contributed by atoms with Crippen molar-refractivity contribution in [1.82, 2.24) is 5.32 Å². The van der Waals surface area contributed by atoms with Crippen LogP contribution in [0.2, 0.25) is 5.02 Å². The van der Waals surface area contributed by atoms with Crippen molar-refractivity contribution in [2.75, 3.05) is 18.5 Å². The van der Waals surface area contributed by atoms with Crippen LogP contribution in [0.5, 0.6) is 0 Å². The Morgan fingerprint density at radius 1 is 1.08 bits per heavy atom. The first-order chi connectivity index (χ1) is 12.0. The van der Waals surface area contributed by atoms with Crippen LogP contribution >= 0.6 is 11.6 Å². The highest BCUT2D eigenvalue weighted by atomic mass is 35.5. The van der Waals surface area contributed by atoms with Crippen LogP contribution in [-0.2, 0) is 14.3 Å². The van der Waals surface area contributed by atoms with E-state index in [1.54, 1.807) is 24.3 Å². The Labute approximate surface area is 147 Å². The Hall–Kier alpha value is -2.93. The Morgan fingerprint density at radius 2 is 1.84 bits per heavy atom. The molecule has 0 fully saturated rings.